The molecule has 0 aromatic carbocycles. The van der Waals surface area contributed by atoms with Crippen LogP contribution < -0.4 is 10.0 Å². The highest BCUT2D eigenvalue weighted by Crippen LogP contribution is 2.25. The second-order valence-electron chi connectivity index (χ2n) is 4.50. The largest absolute Gasteiger partial charge is 0.353 e. The summed E-state index contributed by atoms with van der Waals surface area (Å²) in [5.74, 6) is -0.928. The molecule has 0 unspecified atom stereocenters. The molecule has 1 saturated carbocycles. The van der Waals surface area contributed by atoms with Gasteiger partial charge in [0.15, 0.2) is 0 Å². The molecule has 0 radical (unpaired) electrons. The van der Waals surface area contributed by atoms with Gasteiger partial charge in [0.25, 0.3) is 0 Å². The van der Waals surface area contributed by atoms with Crippen LogP contribution in [-0.4, -0.2) is 32.0 Å². The minimum Gasteiger partial charge on any atom is -0.353 e. The van der Waals surface area contributed by atoms with Gasteiger partial charge in [-0.1, -0.05) is 6.92 Å². The summed E-state index contributed by atoms with van der Waals surface area (Å²) in [6.07, 6.45) is 2.25. The first-order valence-corrected chi connectivity index (χ1v) is 7.86. The van der Waals surface area contributed by atoms with Crippen LogP contribution in [0.15, 0.2) is 0 Å². The van der Waals surface area contributed by atoms with Crippen LogP contribution >= 0.6 is 0 Å². The van der Waals surface area contributed by atoms with Crippen molar-refractivity contribution in [2.75, 3.05) is 5.75 Å². The average Bonchev–Trinajstić information content (AvgIpc) is 2.77. The fourth-order valence-electron chi connectivity index (χ4n) is 1.99. The number of rotatable bonds is 5. The first kappa shape index (κ1) is 14.9. The lowest BCUT2D eigenvalue weighted by Crippen LogP contribution is -2.37. The van der Waals surface area contributed by atoms with Gasteiger partial charge >= 0.3 is 0 Å². The molecule has 2 amide bonds. The third kappa shape index (κ3) is 4.29. The summed E-state index contributed by atoms with van der Waals surface area (Å²) in [5.41, 5.74) is 0. The topological polar surface area (TPSA) is 92.3 Å². The van der Waals surface area contributed by atoms with E-state index in [1.807, 2.05) is 0 Å². The lowest BCUT2D eigenvalue weighted by atomic mass is 10.1. The Labute approximate surface area is 108 Å². The fourth-order valence-corrected chi connectivity index (χ4v) is 2.61. The Morgan fingerprint density at radius 2 is 1.89 bits per heavy atom. The quantitative estimate of drug-likeness (QED) is 0.747. The minimum atomic E-state index is -3.49. The molecule has 7 heteroatoms. The van der Waals surface area contributed by atoms with Crippen LogP contribution in [0.25, 0.3) is 0 Å². The van der Waals surface area contributed by atoms with Crippen molar-refractivity contribution in [2.24, 2.45) is 5.92 Å². The summed E-state index contributed by atoms with van der Waals surface area (Å²) in [6.45, 7) is 3.25. The van der Waals surface area contributed by atoms with E-state index in [9.17, 15) is 18.0 Å². The number of hydrogen-bond acceptors (Lipinski definition) is 4. The summed E-state index contributed by atoms with van der Waals surface area (Å²) in [5, 5.41) is 2.82. The summed E-state index contributed by atoms with van der Waals surface area (Å²) in [7, 11) is -3.49. The van der Waals surface area contributed by atoms with Gasteiger partial charge in [-0.15, -0.1) is 0 Å². The molecule has 0 saturated heterocycles. The number of sulfonamides is 1. The molecule has 1 rings (SSSR count). The lowest BCUT2D eigenvalue weighted by Gasteiger charge is -2.13. The van der Waals surface area contributed by atoms with E-state index >= 15 is 0 Å². The second kappa shape index (κ2) is 6.17. The zero-order chi connectivity index (χ0) is 13.8. The summed E-state index contributed by atoms with van der Waals surface area (Å²) < 4.78 is 24.6. The van der Waals surface area contributed by atoms with E-state index in [2.05, 4.69) is 10.0 Å². The molecule has 0 aromatic heterocycles. The number of hydrogen-bond donors (Lipinski definition) is 2. The van der Waals surface area contributed by atoms with Crippen molar-refractivity contribution in [3.8, 4) is 0 Å². The molecule has 0 spiro atoms. The van der Waals surface area contributed by atoms with E-state index in [-0.39, 0.29) is 23.6 Å². The predicted octanol–water partition coefficient (Wildman–Crippen LogP) is 0.147. The average molecular weight is 276 g/mol. The lowest BCUT2D eigenvalue weighted by molar-refractivity contribution is -0.124. The van der Waals surface area contributed by atoms with E-state index in [0.29, 0.717) is 19.3 Å². The molecular weight excluding hydrogens is 256 g/mol. The van der Waals surface area contributed by atoms with Crippen LogP contribution in [0.2, 0.25) is 0 Å². The predicted molar refractivity (Wildman–Crippen MR) is 67.2 cm³/mol. The molecule has 104 valence electrons. The van der Waals surface area contributed by atoms with Crippen molar-refractivity contribution in [1.82, 2.24) is 10.0 Å². The third-order valence-electron chi connectivity index (χ3n) is 3.13. The highest BCUT2D eigenvalue weighted by Gasteiger charge is 2.31. The van der Waals surface area contributed by atoms with Crippen LogP contribution in [0.4, 0.5) is 0 Å². The van der Waals surface area contributed by atoms with Crippen LogP contribution in [0.1, 0.15) is 39.5 Å². The van der Waals surface area contributed by atoms with Gasteiger partial charge in [0.1, 0.15) is 0 Å². The molecule has 0 bridgehead atoms. The van der Waals surface area contributed by atoms with Gasteiger partial charge in [0, 0.05) is 18.4 Å². The van der Waals surface area contributed by atoms with E-state index in [1.54, 1.807) is 6.92 Å². The summed E-state index contributed by atoms with van der Waals surface area (Å²) >= 11 is 0. The molecule has 18 heavy (non-hydrogen) atoms. The van der Waals surface area contributed by atoms with Crippen molar-refractivity contribution < 1.29 is 18.0 Å². The number of carbonyl (C=O) groups excluding carboxylic acids is 2. The summed E-state index contributed by atoms with van der Waals surface area (Å²) in [4.78, 5) is 22.9. The Bertz CT molecular complexity index is 419. The van der Waals surface area contributed by atoms with Crippen molar-refractivity contribution >= 4 is 21.8 Å². The highest BCUT2D eigenvalue weighted by molar-refractivity contribution is 7.90. The molecule has 0 heterocycles. The maximum atomic E-state index is 11.7. The van der Waals surface area contributed by atoms with Crippen LogP contribution in [0, 0.1) is 5.92 Å². The smallest absolute Gasteiger partial charge is 0.236 e. The van der Waals surface area contributed by atoms with Gasteiger partial charge in [-0.05, 0) is 26.2 Å². The zero-order valence-corrected chi connectivity index (χ0v) is 11.5. The highest BCUT2D eigenvalue weighted by atomic mass is 32.2. The molecule has 2 N–H and O–H groups in total. The zero-order valence-electron chi connectivity index (χ0n) is 10.7. The Morgan fingerprint density at radius 3 is 2.44 bits per heavy atom. The fraction of sp³-hybridized carbons (Fsp3) is 0.818. The van der Waals surface area contributed by atoms with Gasteiger partial charge in [-0.3, -0.25) is 14.3 Å². The monoisotopic (exact) mass is 276 g/mol. The van der Waals surface area contributed by atoms with Crippen molar-refractivity contribution in [1.29, 1.82) is 0 Å². The van der Waals surface area contributed by atoms with E-state index in [0.717, 1.165) is 6.42 Å². The van der Waals surface area contributed by atoms with E-state index < -0.39 is 15.9 Å². The van der Waals surface area contributed by atoms with Gasteiger partial charge in [0.2, 0.25) is 21.8 Å². The molecule has 1 aliphatic carbocycles. The van der Waals surface area contributed by atoms with Crippen molar-refractivity contribution in [3.63, 3.8) is 0 Å². The van der Waals surface area contributed by atoms with Crippen molar-refractivity contribution in [2.45, 2.75) is 45.6 Å². The van der Waals surface area contributed by atoms with Crippen molar-refractivity contribution in [3.05, 3.63) is 0 Å². The number of carbonyl (C=O) groups is 2. The van der Waals surface area contributed by atoms with Gasteiger partial charge in [0.05, 0.1) is 5.75 Å². The number of nitrogens with one attached hydrogen (secondary N) is 2. The van der Waals surface area contributed by atoms with Gasteiger partial charge in [-0.25, -0.2) is 8.42 Å². The number of amides is 2. The van der Waals surface area contributed by atoms with Crippen LogP contribution in [0.3, 0.4) is 0 Å². The molecule has 1 aliphatic rings. The minimum absolute atomic E-state index is 0.0162. The first-order chi connectivity index (χ1) is 8.38. The van der Waals surface area contributed by atoms with Gasteiger partial charge < -0.3 is 5.32 Å². The molecule has 2 atom stereocenters. The Morgan fingerprint density at radius 1 is 1.22 bits per heavy atom. The second-order valence-corrected chi connectivity index (χ2v) is 6.51. The molecule has 1 fully saturated rings. The molecular formula is C11H20N2O4S. The molecule has 6 nitrogen and oxygen atoms in total. The van der Waals surface area contributed by atoms with Crippen LogP contribution in [0.5, 0.6) is 0 Å². The maximum absolute atomic E-state index is 11.7. The first-order valence-electron chi connectivity index (χ1n) is 6.21. The van der Waals surface area contributed by atoms with Crippen LogP contribution in [-0.2, 0) is 19.6 Å². The Balaban J connectivity index is 2.47. The Hall–Kier alpha value is -1.11. The Kier molecular flexibility index (Phi) is 5.13. The van der Waals surface area contributed by atoms with E-state index in [1.165, 1.54) is 6.92 Å². The maximum Gasteiger partial charge on any atom is 0.236 e. The van der Waals surface area contributed by atoms with E-state index in [4.69, 9.17) is 0 Å². The SMILES string of the molecule is CCC(=O)N[C@@H]1CC[C@H](C(=O)NS(=O)(=O)CC)C1. The standard InChI is InChI=1S/C11H20N2O4S/c1-3-10(14)12-9-6-5-8(7-9)11(15)13-18(16,17)4-2/h8-9H,3-7H2,1-2H3,(H,12,14)(H,13,15)/t8-,9+/m0/s1. The summed E-state index contributed by atoms with van der Waals surface area (Å²) in [6, 6.07) is -0.0162. The third-order valence-corrected chi connectivity index (χ3v) is 4.40. The molecule has 0 aromatic rings. The van der Waals surface area contributed by atoms with Gasteiger partial charge in [-0.2, -0.15) is 0 Å². The normalized spacial score (nSPS) is 23.7. The molecule has 0 aliphatic heterocycles.